The van der Waals surface area contributed by atoms with Crippen LogP contribution in [0.1, 0.15) is 43.7 Å². The van der Waals surface area contributed by atoms with Gasteiger partial charge in [-0.3, -0.25) is 13.9 Å². The molecule has 0 radical (unpaired) electrons. The van der Waals surface area contributed by atoms with E-state index >= 15 is 0 Å². The summed E-state index contributed by atoms with van der Waals surface area (Å²) in [7, 11) is -4.55. The minimum absolute atomic E-state index is 0.0528. The van der Waals surface area contributed by atoms with Crippen LogP contribution >= 0.6 is 0 Å². The number of rotatable bonds is 2. The topological polar surface area (TPSA) is 96.6 Å². The van der Waals surface area contributed by atoms with Crippen LogP contribution in [-0.2, 0) is 10.1 Å². The molecule has 0 unspecified atom stereocenters. The zero-order valence-electron chi connectivity index (χ0n) is 10.7. The van der Waals surface area contributed by atoms with Gasteiger partial charge >= 0.3 is 0 Å². The Labute approximate surface area is 111 Å². The molecule has 106 valence electrons. The SMILES string of the molecule is Cc1cc(=O)n(C2CCCCC2)c(O)c1S(=O)(=O)O. The van der Waals surface area contributed by atoms with E-state index in [-0.39, 0.29) is 11.6 Å². The third kappa shape index (κ3) is 2.66. The van der Waals surface area contributed by atoms with Gasteiger partial charge in [-0.15, -0.1) is 0 Å². The van der Waals surface area contributed by atoms with E-state index in [1.54, 1.807) is 0 Å². The van der Waals surface area contributed by atoms with Gasteiger partial charge in [0.2, 0.25) is 5.88 Å². The quantitative estimate of drug-likeness (QED) is 0.806. The molecule has 7 heteroatoms. The van der Waals surface area contributed by atoms with E-state index < -0.39 is 26.5 Å². The van der Waals surface area contributed by atoms with Crippen molar-refractivity contribution in [2.45, 2.75) is 50.0 Å². The Kier molecular flexibility index (Phi) is 3.69. The summed E-state index contributed by atoms with van der Waals surface area (Å²) in [6.45, 7) is 1.37. The van der Waals surface area contributed by atoms with E-state index in [2.05, 4.69) is 0 Å². The third-order valence-corrected chi connectivity index (χ3v) is 4.59. The zero-order chi connectivity index (χ0) is 14.2. The summed E-state index contributed by atoms with van der Waals surface area (Å²) >= 11 is 0. The normalized spacial score (nSPS) is 17.6. The van der Waals surface area contributed by atoms with Crippen LogP contribution in [-0.4, -0.2) is 22.6 Å². The van der Waals surface area contributed by atoms with Crippen LogP contribution in [0.2, 0.25) is 0 Å². The fraction of sp³-hybridized carbons (Fsp3) is 0.583. The van der Waals surface area contributed by atoms with Gasteiger partial charge in [-0.25, -0.2) is 0 Å². The lowest BCUT2D eigenvalue weighted by atomic mass is 9.95. The smallest absolute Gasteiger partial charge is 0.300 e. The van der Waals surface area contributed by atoms with Crippen LogP contribution in [0.15, 0.2) is 15.8 Å². The minimum atomic E-state index is -4.55. The van der Waals surface area contributed by atoms with E-state index in [1.807, 2.05) is 0 Å². The van der Waals surface area contributed by atoms with Crippen LogP contribution < -0.4 is 5.56 Å². The number of hydrogen-bond donors (Lipinski definition) is 2. The Hall–Kier alpha value is -1.34. The first kappa shape index (κ1) is 14.1. The maximum absolute atomic E-state index is 12.0. The van der Waals surface area contributed by atoms with Gasteiger partial charge in [0.1, 0.15) is 0 Å². The molecule has 0 spiro atoms. The molecule has 2 rings (SSSR count). The molecule has 1 heterocycles. The highest BCUT2D eigenvalue weighted by molar-refractivity contribution is 7.86. The number of pyridine rings is 1. The number of aromatic hydroxyl groups is 1. The summed E-state index contributed by atoms with van der Waals surface area (Å²) in [6, 6.07) is 0.930. The first-order chi connectivity index (χ1) is 8.82. The van der Waals surface area contributed by atoms with Crippen LogP contribution in [0.3, 0.4) is 0 Å². The van der Waals surface area contributed by atoms with Crippen molar-refractivity contribution in [1.29, 1.82) is 0 Å². The molecule has 1 aromatic rings. The van der Waals surface area contributed by atoms with Gasteiger partial charge in [-0.1, -0.05) is 19.3 Å². The minimum Gasteiger partial charge on any atom is -0.493 e. The molecule has 2 N–H and O–H groups in total. The van der Waals surface area contributed by atoms with E-state index in [0.717, 1.165) is 42.7 Å². The van der Waals surface area contributed by atoms with Crippen molar-refractivity contribution in [3.63, 3.8) is 0 Å². The van der Waals surface area contributed by atoms with Gasteiger partial charge in [-0.2, -0.15) is 8.42 Å². The molecule has 1 fully saturated rings. The van der Waals surface area contributed by atoms with Crippen molar-refractivity contribution < 1.29 is 18.1 Å². The largest absolute Gasteiger partial charge is 0.493 e. The standard InChI is InChI=1S/C12H17NO5S/c1-8-7-10(14)13(9-5-3-2-4-6-9)12(15)11(8)19(16,17)18/h7,9,15H,2-6H2,1H3,(H,16,17,18). The highest BCUT2D eigenvalue weighted by Gasteiger charge is 2.27. The van der Waals surface area contributed by atoms with Gasteiger partial charge < -0.3 is 5.11 Å². The third-order valence-electron chi connectivity index (χ3n) is 3.56. The van der Waals surface area contributed by atoms with Gasteiger partial charge in [0.05, 0.1) is 0 Å². The number of aromatic nitrogens is 1. The molecular formula is C12H17NO5S. The van der Waals surface area contributed by atoms with E-state index in [9.17, 15) is 18.3 Å². The molecule has 0 aliphatic heterocycles. The molecular weight excluding hydrogens is 270 g/mol. The molecule has 1 aromatic heterocycles. The van der Waals surface area contributed by atoms with E-state index in [0.29, 0.717) is 0 Å². The predicted molar refractivity (Wildman–Crippen MR) is 69.0 cm³/mol. The average molecular weight is 287 g/mol. The maximum atomic E-state index is 12.0. The highest BCUT2D eigenvalue weighted by atomic mass is 32.2. The Balaban J connectivity index is 2.64. The molecule has 19 heavy (non-hydrogen) atoms. The fourth-order valence-corrected chi connectivity index (χ4v) is 3.52. The molecule has 0 saturated heterocycles. The summed E-state index contributed by atoms with van der Waals surface area (Å²) in [4.78, 5) is 11.4. The summed E-state index contributed by atoms with van der Waals surface area (Å²) in [5.74, 6) is -0.653. The van der Waals surface area contributed by atoms with Crippen LogP contribution in [0, 0.1) is 6.92 Å². The number of hydrogen-bond acceptors (Lipinski definition) is 4. The van der Waals surface area contributed by atoms with E-state index in [4.69, 9.17) is 4.55 Å². The van der Waals surface area contributed by atoms with Crippen LogP contribution in [0.4, 0.5) is 0 Å². The van der Waals surface area contributed by atoms with Gasteiger partial charge in [0, 0.05) is 12.1 Å². The van der Waals surface area contributed by atoms with Gasteiger partial charge in [0.25, 0.3) is 15.7 Å². The lowest BCUT2D eigenvalue weighted by Crippen LogP contribution is -2.27. The second-order valence-electron chi connectivity index (χ2n) is 4.96. The monoisotopic (exact) mass is 287 g/mol. The highest BCUT2D eigenvalue weighted by Crippen LogP contribution is 2.33. The molecule has 0 amide bonds. The Bertz CT molecular complexity index is 641. The Morgan fingerprint density at radius 2 is 1.84 bits per heavy atom. The van der Waals surface area contributed by atoms with Crippen molar-refractivity contribution in [3.8, 4) is 5.88 Å². The zero-order valence-corrected chi connectivity index (χ0v) is 11.5. The predicted octanol–water partition coefficient (Wildman–Crippen LogP) is 1.61. The number of aryl methyl sites for hydroxylation is 1. The second kappa shape index (κ2) is 4.97. The van der Waals surface area contributed by atoms with Crippen LogP contribution in [0.5, 0.6) is 5.88 Å². The first-order valence-electron chi connectivity index (χ1n) is 6.25. The summed E-state index contributed by atoms with van der Waals surface area (Å²) in [5.41, 5.74) is -0.383. The number of nitrogens with zero attached hydrogens (tertiary/aromatic N) is 1. The molecule has 6 nitrogen and oxygen atoms in total. The fourth-order valence-electron chi connectivity index (χ4n) is 2.72. The van der Waals surface area contributed by atoms with Crippen molar-refractivity contribution in [1.82, 2.24) is 4.57 Å². The van der Waals surface area contributed by atoms with Gasteiger partial charge in [-0.05, 0) is 25.3 Å². The maximum Gasteiger partial charge on any atom is 0.300 e. The summed E-state index contributed by atoms with van der Waals surface area (Å²) in [6.07, 6.45) is 4.39. The van der Waals surface area contributed by atoms with Crippen LogP contribution in [0.25, 0.3) is 0 Å². The molecule has 1 saturated carbocycles. The van der Waals surface area contributed by atoms with Crippen molar-refractivity contribution in [2.24, 2.45) is 0 Å². The van der Waals surface area contributed by atoms with Crippen molar-refractivity contribution >= 4 is 10.1 Å². The molecule has 0 aromatic carbocycles. The first-order valence-corrected chi connectivity index (χ1v) is 7.69. The summed E-state index contributed by atoms with van der Waals surface area (Å²) < 4.78 is 32.9. The Morgan fingerprint density at radius 1 is 1.26 bits per heavy atom. The molecule has 1 aliphatic carbocycles. The lowest BCUT2D eigenvalue weighted by molar-refractivity contribution is 0.295. The van der Waals surface area contributed by atoms with Gasteiger partial charge in [0.15, 0.2) is 4.90 Å². The Morgan fingerprint density at radius 3 is 2.37 bits per heavy atom. The van der Waals surface area contributed by atoms with E-state index in [1.165, 1.54) is 6.92 Å². The molecule has 1 aliphatic rings. The molecule has 0 atom stereocenters. The average Bonchev–Trinajstić information content (AvgIpc) is 2.27. The molecule has 0 bridgehead atoms. The lowest BCUT2D eigenvalue weighted by Gasteiger charge is -2.25. The van der Waals surface area contributed by atoms with Crippen molar-refractivity contribution in [2.75, 3.05) is 0 Å². The van der Waals surface area contributed by atoms with Crippen molar-refractivity contribution in [3.05, 3.63) is 22.0 Å². The summed E-state index contributed by atoms with van der Waals surface area (Å²) in [5, 5.41) is 10.1. The second-order valence-corrected chi connectivity index (χ2v) is 6.31.